The zero-order valence-corrected chi connectivity index (χ0v) is 15.4. The fraction of sp³-hybridized carbons (Fsp3) is 0.235. The Morgan fingerprint density at radius 3 is 2.67 bits per heavy atom. The average Bonchev–Trinajstić information content (AvgIpc) is 3.02. The maximum atomic E-state index is 11.8. The Balaban J connectivity index is 0.00000261. The van der Waals surface area contributed by atoms with Crippen LogP contribution in [0.4, 0.5) is 5.82 Å². The number of amides is 1. The van der Waals surface area contributed by atoms with Crippen molar-refractivity contribution in [1.82, 2.24) is 19.6 Å². The Bertz CT molecular complexity index is 1000. The number of nitrogens with one attached hydrogen (secondary N) is 1. The summed E-state index contributed by atoms with van der Waals surface area (Å²) < 4.78 is 6.41. The van der Waals surface area contributed by atoms with Gasteiger partial charge in [0.25, 0.3) is 0 Å². The van der Waals surface area contributed by atoms with Crippen LogP contribution in [0.2, 0.25) is 0 Å². The number of hydrogen-bond acceptors (Lipinski definition) is 7. The second-order valence-electron chi connectivity index (χ2n) is 5.86. The molecule has 1 N–H and O–H groups in total. The van der Waals surface area contributed by atoms with Crippen LogP contribution in [0.5, 0.6) is 5.88 Å². The van der Waals surface area contributed by atoms with E-state index in [0.29, 0.717) is 22.7 Å². The molecule has 3 aromatic rings. The third-order valence-electron chi connectivity index (χ3n) is 3.66. The van der Waals surface area contributed by atoms with Crippen LogP contribution in [0.15, 0.2) is 30.6 Å². The number of hydrogen-bond donors (Lipinski definition) is 1. The van der Waals surface area contributed by atoms with Crippen LogP contribution < -0.4 is 34.0 Å². The quantitative estimate of drug-likeness (QED) is 0.510. The van der Waals surface area contributed by atoms with E-state index in [1.54, 1.807) is 32.2 Å². The number of carboxylic acid groups (broad SMARTS) is 1. The minimum Gasteiger partial charge on any atom is -0.545 e. The van der Waals surface area contributed by atoms with Crippen LogP contribution in [0.25, 0.3) is 16.9 Å². The van der Waals surface area contributed by atoms with Crippen molar-refractivity contribution >= 4 is 23.3 Å². The number of carbonyl (C=O) groups is 2. The van der Waals surface area contributed by atoms with E-state index in [4.69, 9.17) is 4.74 Å². The van der Waals surface area contributed by atoms with Crippen LogP contribution in [-0.2, 0) is 4.79 Å². The van der Waals surface area contributed by atoms with Gasteiger partial charge in [-0.3, -0.25) is 4.79 Å². The molecule has 0 unspecified atom stereocenters. The molecule has 0 aliphatic carbocycles. The summed E-state index contributed by atoms with van der Waals surface area (Å²) >= 11 is 0. The standard InChI is InChI=1S/C17H17N5O4.Li/c1-9(2)15(23)20-13-8-22-14(19-13)5-4-12(21-22)10-6-11(17(24)25)16(26-3)18-7-10;/h4-9H,1-3H3,(H,20,23)(H,24,25);/q;+1/p-1. The average molecular weight is 361 g/mol. The van der Waals surface area contributed by atoms with Crippen LogP contribution in [0.3, 0.4) is 0 Å². The zero-order chi connectivity index (χ0) is 18.8. The summed E-state index contributed by atoms with van der Waals surface area (Å²) in [7, 11) is 1.33. The summed E-state index contributed by atoms with van der Waals surface area (Å²) in [4.78, 5) is 31.3. The molecule has 0 saturated carbocycles. The third kappa shape index (κ3) is 4.27. The molecule has 27 heavy (non-hydrogen) atoms. The van der Waals surface area contributed by atoms with E-state index in [2.05, 4.69) is 20.4 Å². The number of fused-ring (bicyclic) bond motifs is 1. The number of carboxylic acids is 1. The molecule has 0 spiro atoms. The van der Waals surface area contributed by atoms with Crippen molar-refractivity contribution in [1.29, 1.82) is 0 Å². The smallest absolute Gasteiger partial charge is 0.545 e. The number of rotatable bonds is 5. The summed E-state index contributed by atoms with van der Waals surface area (Å²) in [6.07, 6.45) is 3.04. The van der Waals surface area contributed by atoms with E-state index >= 15 is 0 Å². The van der Waals surface area contributed by atoms with Crippen LogP contribution in [0, 0.1) is 5.92 Å². The largest absolute Gasteiger partial charge is 1.00 e. The number of anilines is 1. The summed E-state index contributed by atoms with van der Waals surface area (Å²) in [6.45, 7) is 3.57. The van der Waals surface area contributed by atoms with Gasteiger partial charge in [0.05, 0.1) is 30.5 Å². The molecule has 1 amide bonds. The molecule has 0 saturated heterocycles. The summed E-state index contributed by atoms with van der Waals surface area (Å²) in [5, 5.41) is 18.3. The van der Waals surface area contributed by atoms with Crippen molar-refractivity contribution in [2.45, 2.75) is 13.8 Å². The van der Waals surface area contributed by atoms with E-state index in [9.17, 15) is 14.7 Å². The number of aromatic carboxylic acids is 1. The van der Waals surface area contributed by atoms with E-state index < -0.39 is 5.97 Å². The topological polar surface area (TPSA) is 122 Å². The van der Waals surface area contributed by atoms with Gasteiger partial charge < -0.3 is 20.0 Å². The number of carbonyl (C=O) groups excluding carboxylic acids is 2. The zero-order valence-electron chi connectivity index (χ0n) is 15.4. The van der Waals surface area contributed by atoms with Crippen LogP contribution >= 0.6 is 0 Å². The van der Waals surface area contributed by atoms with E-state index in [-0.39, 0.29) is 42.1 Å². The summed E-state index contributed by atoms with van der Waals surface area (Å²) in [6, 6.07) is 4.77. The van der Waals surface area contributed by atoms with Gasteiger partial charge in [0.15, 0.2) is 11.5 Å². The fourth-order valence-corrected chi connectivity index (χ4v) is 2.27. The molecule has 0 fully saturated rings. The molecule has 3 rings (SSSR count). The molecule has 10 heteroatoms. The number of nitrogens with zero attached hydrogens (tertiary/aromatic N) is 4. The molecule has 3 heterocycles. The molecule has 0 aliphatic heterocycles. The minimum absolute atomic E-state index is 0. The molecule has 0 atom stereocenters. The van der Waals surface area contributed by atoms with Gasteiger partial charge in [0.2, 0.25) is 11.8 Å². The Morgan fingerprint density at radius 1 is 1.30 bits per heavy atom. The maximum Gasteiger partial charge on any atom is 1.00 e. The van der Waals surface area contributed by atoms with Crippen LogP contribution in [0.1, 0.15) is 24.2 Å². The SMILES string of the molecule is COc1ncc(-c2ccc3nc(NC(=O)C(C)C)cn3n2)cc1C(=O)[O-].[Li+]. The van der Waals surface area contributed by atoms with Gasteiger partial charge in [-0.15, -0.1) is 0 Å². The monoisotopic (exact) mass is 361 g/mol. The number of ether oxygens (including phenoxy) is 1. The van der Waals surface area contributed by atoms with Gasteiger partial charge in [-0.2, -0.15) is 5.10 Å². The van der Waals surface area contributed by atoms with E-state index in [0.717, 1.165) is 0 Å². The molecule has 0 radical (unpaired) electrons. The van der Waals surface area contributed by atoms with E-state index in [1.807, 2.05) is 0 Å². The second-order valence-corrected chi connectivity index (χ2v) is 5.86. The Hall–Kier alpha value is -2.89. The molecule has 3 aromatic heterocycles. The van der Waals surface area contributed by atoms with Gasteiger partial charge in [-0.25, -0.2) is 14.5 Å². The first-order valence-corrected chi connectivity index (χ1v) is 7.82. The first kappa shape index (κ1) is 20.4. The first-order valence-electron chi connectivity index (χ1n) is 7.82. The maximum absolute atomic E-state index is 11.8. The molecular weight excluding hydrogens is 345 g/mol. The van der Waals surface area contributed by atoms with Crippen LogP contribution in [-0.4, -0.2) is 38.6 Å². The van der Waals surface area contributed by atoms with Gasteiger partial charge in [-0.05, 0) is 18.2 Å². The fourth-order valence-electron chi connectivity index (χ4n) is 2.27. The predicted octanol–water partition coefficient (Wildman–Crippen LogP) is -2.24. The molecule has 134 valence electrons. The van der Waals surface area contributed by atoms with Crippen molar-refractivity contribution < 1.29 is 38.3 Å². The Morgan fingerprint density at radius 2 is 2.04 bits per heavy atom. The van der Waals surface area contributed by atoms with E-state index in [1.165, 1.54) is 23.9 Å². The van der Waals surface area contributed by atoms with Gasteiger partial charge in [0.1, 0.15) is 0 Å². The summed E-state index contributed by atoms with van der Waals surface area (Å²) in [5.74, 6) is -1.35. The molecule has 0 aromatic carbocycles. The van der Waals surface area contributed by atoms with Gasteiger partial charge >= 0.3 is 18.9 Å². The first-order chi connectivity index (χ1) is 12.4. The van der Waals surface area contributed by atoms with Gasteiger partial charge in [-0.1, -0.05) is 13.8 Å². The van der Waals surface area contributed by atoms with Crippen molar-refractivity contribution in [2.75, 3.05) is 12.4 Å². The second kappa shape index (κ2) is 8.20. The molecule has 0 aliphatic rings. The van der Waals surface area contributed by atoms with Gasteiger partial charge in [0, 0.05) is 17.7 Å². The third-order valence-corrected chi connectivity index (χ3v) is 3.66. The molecule has 0 bridgehead atoms. The van der Waals surface area contributed by atoms with Crippen molar-refractivity contribution in [2.24, 2.45) is 5.92 Å². The minimum atomic E-state index is -1.39. The molecular formula is C17H16LiN5O4. The molecule has 9 nitrogen and oxygen atoms in total. The van der Waals surface area contributed by atoms with Crippen molar-refractivity contribution in [3.8, 4) is 17.1 Å². The number of methoxy groups -OCH3 is 1. The number of pyridine rings is 1. The predicted molar refractivity (Wildman–Crippen MR) is 90.6 cm³/mol. The number of imidazole rings is 1. The Kier molecular flexibility index (Phi) is 6.20. The summed E-state index contributed by atoms with van der Waals surface area (Å²) in [5.41, 5.74) is 1.33. The van der Waals surface area contributed by atoms with Crippen molar-refractivity contribution in [3.05, 3.63) is 36.2 Å². The Labute approximate surface area is 167 Å². The normalized spacial score (nSPS) is 10.5. The number of aromatic nitrogens is 4. The van der Waals surface area contributed by atoms with Crippen molar-refractivity contribution in [3.63, 3.8) is 0 Å².